The summed E-state index contributed by atoms with van der Waals surface area (Å²) in [7, 11) is 0. The Morgan fingerprint density at radius 2 is 1.17 bits per heavy atom. The van der Waals surface area contributed by atoms with Crippen molar-refractivity contribution in [1.82, 2.24) is 0 Å². The molecule has 2 unspecified atom stereocenters. The Labute approximate surface area is 282 Å². The van der Waals surface area contributed by atoms with Gasteiger partial charge in [0.2, 0.25) is 11.8 Å². The van der Waals surface area contributed by atoms with Crippen molar-refractivity contribution in [3.63, 3.8) is 0 Å². The van der Waals surface area contributed by atoms with Gasteiger partial charge in [0.05, 0.1) is 18.0 Å². The van der Waals surface area contributed by atoms with Crippen LogP contribution in [0.15, 0.2) is 133 Å². The van der Waals surface area contributed by atoms with E-state index in [1.54, 1.807) is 25.7 Å². The summed E-state index contributed by atoms with van der Waals surface area (Å²) in [6.07, 6.45) is -1.98. The monoisotopic (exact) mass is 642 g/mol. The van der Waals surface area contributed by atoms with Gasteiger partial charge in [-0.1, -0.05) is 127 Å². The Morgan fingerprint density at radius 3 is 1.65 bits per heavy atom. The number of fused-ring (bicyclic) bond motifs is 1. The van der Waals surface area contributed by atoms with Crippen molar-refractivity contribution < 1.29 is 23.9 Å². The number of carbonyl (C=O) groups is 3. The van der Waals surface area contributed by atoms with Gasteiger partial charge in [-0.3, -0.25) is 14.4 Å². The molecule has 0 saturated carbocycles. The quantitative estimate of drug-likeness (QED) is 0.113. The molecule has 2 N–H and O–H groups in total. The third-order valence-electron chi connectivity index (χ3n) is 8.25. The maximum Gasteiger partial charge on any atom is 0.307 e. The number of primary amides is 1. The number of hydrogen-bond donors (Lipinski definition) is 1. The molecule has 7 heteroatoms. The zero-order valence-electron chi connectivity index (χ0n) is 27.8. The second kappa shape index (κ2) is 14.7. The largest absolute Gasteiger partial charge is 0.460 e. The normalized spacial score (nSPS) is 13.0. The van der Waals surface area contributed by atoms with E-state index in [4.69, 9.17) is 15.2 Å². The van der Waals surface area contributed by atoms with Crippen molar-refractivity contribution >= 4 is 34.2 Å². The molecule has 0 aliphatic heterocycles. The van der Waals surface area contributed by atoms with Crippen LogP contribution in [-0.2, 0) is 29.5 Å². The molecule has 2 amide bonds. The summed E-state index contributed by atoms with van der Waals surface area (Å²) in [5, 5.41) is 1.80. The van der Waals surface area contributed by atoms with Gasteiger partial charge in [0.1, 0.15) is 17.3 Å². The van der Waals surface area contributed by atoms with Gasteiger partial charge in [0, 0.05) is 11.9 Å². The highest BCUT2D eigenvalue weighted by Crippen LogP contribution is 2.43. The molecule has 7 nitrogen and oxygen atoms in total. The molecular formula is C41H42N2O5. The van der Waals surface area contributed by atoms with Crippen LogP contribution in [0.1, 0.15) is 50.8 Å². The van der Waals surface area contributed by atoms with Gasteiger partial charge in [-0.15, -0.1) is 0 Å². The van der Waals surface area contributed by atoms with Gasteiger partial charge in [-0.05, 0) is 55.8 Å². The molecule has 0 radical (unpaired) electrons. The highest BCUT2D eigenvalue weighted by Gasteiger charge is 2.47. The second-order valence-corrected chi connectivity index (χ2v) is 12.7. The molecule has 0 spiro atoms. The molecule has 5 aromatic carbocycles. The molecule has 48 heavy (non-hydrogen) atoms. The van der Waals surface area contributed by atoms with Gasteiger partial charge in [0.25, 0.3) is 0 Å². The molecule has 0 aliphatic carbocycles. The van der Waals surface area contributed by atoms with Crippen LogP contribution in [0.3, 0.4) is 0 Å². The van der Waals surface area contributed by atoms with E-state index in [1.807, 2.05) is 140 Å². The molecule has 0 fully saturated rings. The molecule has 0 heterocycles. The first-order valence-corrected chi connectivity index (χ1v) is 16.2. The Balaban J connectivity index is 1.71. The van der Waals surface area contributed by atoms with E-state index in [0.717, 1.165) is 27.5 Å². The molecular weight excluding hydrogens is 600 g/mol. The van der Waals surface area contributed by atoms with Crippen LogP contribution in [0.5, 0.6) is 0 Å². The van der Waals surface area contributed by atoms with Crippen molar-refractivity contribution in [2.24, 2.45) is 11.7 Å². The summed E-state index contributed by atoms with van der Waals surface area (Å²) < 4.78 is 12.8. The highest BCUT2D eigenvalue weighted by molar-refractivity contribution is 6.06. The molecule has 5 rings (SSSR count). The minimum atomic E-state index is -1.55. The summed E-state index contributed by atoms with van der Waals surface area (Å²) in [6.45, 7) is 7.38. The first kappa shape index (κ1) is 34.1. The lowest BCUT2D eigenvalue weighted by Gasteiger charge is -2.40. The SMILES string of the molecule is CCN(C(=O)C(CC(=O)OC(C)(C)C)C(OC(c1ccccc1)(c1ccccc1)c1ccccc1)C(N)=O)c1cccc2ccccc12. The van der Waals surface area contributed by atoms with Crippen LogP contribution in [0.25, 0.3) is 10.8 Å². The number of anilines is 1. The molecule has 0 aromatic heterocycles. The predicted octanol–water partition coefficient (Wildman–Crippen LogP) is 7.40. The van der Waals surface area contributed by atoms with Crippen molar-refractivity contribution in [3.05, 3.63) is 150 Å². The van der Waals surface area contributed by atoms with Crippen LogP contribution in [0.2, 0.25) is 0 Å². The average Bonchev–Trinajstić information content (AvgIpc) is 3.09. The number of benzene rings is 5. The number of carbonyl (C=O) groups excluding carboxylic acids is 3. The van der Waals surface area contributed by atoms with E-state index < -0.39 is 47.4 Å². The standard InChI is InChI=1S/C41H42N2O5/c1-5-43(35-27-17-19-29-18-15-16-26-33(29)35)39(46)34(28-36(44)47-40(2,3)4)37(38(42)45)48-41(30-20-9-6-10-21-30,31-22-11-7-12-23-31)32-24-13-8-14-25-32/h6-27,34,37H,5,28H2,1-4H3,(H2,42,45). The number of nitrogens with zero attached hydrogens (tertiary/aromatic N) is 1. The van der Waals surface area contributed by atoms with Crippen molar-refractivity contribution in [3.8, 4) is 0 Å². The maximum atomic E-state index is 14.9. The summed E-state index contributed by atoms with van der Waals surface area (Å²) >= 11 is 0. The Morgan fingerprint density at radius 1 is 0.688 bits per heavy atom. The minimum absolute atomic E-state index is 0.268. The third kappa shape index (κ3) is 7.32. The number of ether oxygens (including phenoxy) is 2. The van der Waals surface area contributed by atoms with E-state index in [9.17, 15) is 14.4 Å². The van der Waals surface area contributed by atoms with Crippen LogP contribution in [0, 0.1) is 5.92 Å². The third-order valence-corrected chi connectivity index (χ3v) is 8.25. The van der Waals surface area contributed by atoms with Crippen molar-refractivity contribution in [1.29, 1.82) is 0 Å². The molecule has 0 bridgehead atoms. The van der Waals surface area contributed by atoms with E-state index in [1.165, 1.54) is 0 Å². The minimum Gasteiger partial charge on any atom is -0.460 e. The predicted molar refractivity (Wildman–Crippen MR) is 189 cm³/mol. The van der Waals surface area contributed by atoms with Crippen LogP contribution < -0.4 is 10.6 Å². The lowest BCUT2D eigenvalue weighted by atomic mass is 9.79. The lowest BCUT2D eigenvalue weighted by molar-refractivity contribution is -0.163. The van der Waals surface area contributed by atoms with Gasteiger partial charge < -0.3 is 20.1 Å². The van der Waals surface area contributed by atoms with E-state index in [-0.39, 0.29) is 6.54 Å². The van der Waals surface area contributed by atoms with E-state index in [0.29, 0.717) is 5.69 Å². The lowest BCUT2D eigenvalue weighted by Crippen LogP contribution is -2.52. The Kier molecular flexibility index (Phi) is 10.4. The summed E-state index contributed by atoms with van der Waals surface area (Å²) in [5.74, 6) is -3.33. The topological polar surface area (TPSA) is 98.9 Å². The smallest absolute Gasteiger partial charge is 0.307 e. The number of nitrogens with two attached hydrogens (primary N) is 1. The number of esters is 1. The Hall–Kier alpha value is -5.27. The maximum absolute atomic E-state index is 14.9. The van der Waals surface area contributed by atoms with Crippen molar-refractivity contribution in [2.45, 2.75) is 51.4 Å². The molecule has 0 saturated heterocycles. The fourth-order valence-electron chi connectivity index (χ4n) is 6.23. The second-order valence-electron chi connectivity index (χ2n) is 12.7. The summed E-state index contributed by atoms with van der Waals surface area (Å²) in [4.78, 5) is 43.7. The first-order valence-electron chi connectivity index (χ1n) is 16.2. The number of rotatable bonds is 12. The molecule has 246 valence electrons. The van der Waals surface area contributed by atoms with Gasteiger partial charge >= 0.3 is 5.97 Å². The average molecular weight is 643 g/mol. The first-order chi connectivity index (χ1) is 23.0. The van der Waals surface area contributed by atoms with Gasteiger partial charge in [0.15, 0.2) is 0 Å². The van der Waals surface area contributed by atoms with Gasteiger partial charge in [-0.2, -0.15) is 0 Å². The van der Waals surface area contributed by atoms with Crippen LogP contribution in [-0.4, -0.2) is 36.0 Å². The summed E-state index contributed by atoms with van der Waals surface area (Å²) in [5.41, 5.74) is 6.81. The van der Waals surface area contributed by atoms with Crippen LogP contribution >= 0.6 is 0 Å². The van der Waals surface area contributed by atoms with E-state index in [2.05, 4.69) is 0 Å². The highest BCUT2D eigenvalue weighted by atomic mass is 16.6. The van der Waals surface area contributed by atoms with Crippen LogP contribution in [0.4, 0.5) is 5.69 Å². The molecule has 5 aromatic rings. The van der Waals surface area contributed by atoms with Crippen molar-refractivity contribution in [2.75, 3.05) is 11.4 Å². The van der Waals surface area contributed by atoms with E-state index >= 15 is 0 Å². The Bertz CT molecular complexity index is 1750. The fourth-order valence-corrected chi connectivity index (χ4v) is 6.23. The zero-order chi connectivity index (χ0) is 34.3. The number of hydrogen-bond acceptors (Lipinski definition) is 5. The summed E-state index contributed by atoms with van der Waals surface area (Å²) in [6, 6.07) is 42.0. The molecule has 2 atom stereocenters. The zero-order valence-corrected chi connectivity index (χ0v) is 27.8. The fraction of sp³-hybridized carbons (Fsp3) is 0.244. The molecule has 0 aliphatic rings. The number of amides is 2. The van der Waals surface area contributed by atoms with Gasteiger partial charge in [-0.25, -0.2) is 0 Å².